The zero-order valence-corrected chi connectivity index (χ0v) is 20.4. The number of amides is 2. The molecule has 2 aromatic carbocycles. The molecule has 0 aromatic heterocycles. The van der Waals surface area contributed by atoms with Crippen LogP contribution in [0.4, 0.5) is 10.1 Å². The summed E-state index contributed by atoms with van der Waals surface area (Å²) in [4.78, 5) is 27.5. The zero-order valence-electron chi connectivity index (χ0n) is 20.4. The molecule has 3 aliphatic rings. The number of hydrogen-bond acceptors (Lipinski definition) is 5. The number of benzene rings is 2. The van der Waals surface area contributed by atoms with Crippen molar-refractivity contribution in [2.75, 3.05) is 31.5 Å². The summed E-state index contributed by atoms with van der Waals surface area (Å²) in [7, 11) is 0. The molecule has 1 saturated heterocycles. The topological polar surface area (TPSA) is 90.9 Å². The predicted octanol–water partition coefficient (Wildman–Crippen LogP) is 3.57. The Morgan fingerprint density at radius 3 is 2.64 bits per heavy atom. The molecule has 0 atom stereocenters. The number of nitrogens with zero attached hydrogens (tertiary/aromatic N) is 1. The van der Waals surface area contributed by atoms with Gasteiger partial charge >= 0.3 is 0 Å². The Bertz CT molecular complexity index is 1260. The lowest BCUT2D eigenvalue weighted by molar-refractivity contribution is -0.111. The number of carbonyl (C=O) groups is 2. The van der Waals surface area contributed by atoms with E-state index in [2.05, 4.69) is 15.5 Å². The van der Waals surface area contributed by atoms with Crippen molar-refractivity contribution in [1.29, 1.82) is 0 Å². The minimum atomic E-state index is -0.697. The second kappa shape index (κ2) is 9.52. The Labute approximate surface area is 209 Å². The van der Waals surface area contributed by atoms with Gasteiger partial charge < -0.3 is 25.4 Å². The van der Waals surface area contributed by atoms with Crippen LogP contribution in [0.3, 0.4) is 0 Å². The van der Waals surface area contributed by atoms with E-state index in [1.54, 1.807) is 18.2 Å². The number of fused-ring (bicyclic) bond motifs is 1. The molecule has 0 bridgehead atoms. The molecule has 0 unspecified atom stereocenters. The number of aliphatic hydroxyl groups is 1. The van der Waals surface area contributed by atoms with Crippen molar-refractivity contribution in [1.82, 2.24) is 10.2 Å². The normalized spacial score (nSPS) is 21.6. The maximum Gasteiger partial charge on any atom is 0.260 e. The van der Waals surface area contributed by atoms with Gasteiger partial charge in [-0.1, -0.05) is 12.1 Å². The summed E-state index contributed by atoms with van der Waals surface area (Å²) < 4.78 is 19.8. The van der Waals surface area contributed by atoms with E-state index in [4.69, 9.17) is 4.74 Å². The Balaban J connectivity index is 1.30. The number of hydrogen-bond donors (Lipinski definition) is 3. The molecule has 0 radical (unpaired) electrons. The maximum absolute atomic E-state index is 13.6. The lowest BCUT2D eigenvalue weighted by Crippen LogP contribution is -2.40. The van der Waals surface area contributed by atoms with Gasteiger partial charge in [-0.15, -0.1) is 0 Å². The lowest BCUT2D eigenvalue weighted by atomic mass is 9.91. The highest BCUT2D eigenvalue weighted by molar-refractivity contribution is 6.32. The minimum absolute atomic E-state index is 0.135. The van der Waals surface area contributed by atoms with Crippen molar-refractivity contribution in [2.45, 2.75) is 38.4 Å². The Morgan fingerprint density at radius 2 is 1.92 bits per heavy atom. The van der Waals surface area contributed by atoms with Crippen molar-refractivity contribution >= 4 is 28.6 Å². The van der Waals surface area contributed by atoms with Crippen LogP contribution in [0, 0.1) is 5.82 Å². The highest BCUT2D eigenvalue weighted by Gasteiger charge is 2.38. The number of carbonyl (C=O) groups excluding carboxylic acids is 2. The van der Waals surface area contributed by atoms with E-state index in [0.717, 1.165) is 43.6 Å². The van der Waals surface area contributed by atoms with Crippen LogP contribution in [0.5, 0.6) is 0 Å². The van der Waals surface area contributed by atoms with Gasteiger partial charge in [0.2, 0.25) is 0 Å². The minimum Gasteiger partial charge on any atom is -0.482 e. The number of allylic oxidation sites excluding steroid dienone is 1. The third-order valence-corrected chi connectivity index (χ3v) is 6.99. The van der Waals surface area contributed by atoms with E-state index in [1.807, 2.05) is 32.1 Å². The van der Waals surface area contributed by atoms with Crippen molar-refractivity contribution in [3.05, 3.63) is 76.8 Å². The predicted molar refractivity (Wildman–Crippen MR) is 136 cm³/mol. The molecule has 3 aliphatic heterocycles. The van der Waals surface area contributed by atoms with Gasteiger partial charge in [0, 0.05) is 42.9 Å². The SMILES string of the molecule is CC1(C)O/C(=C2/C(=O)Nc3cc(F)ccc32)C=C1c1ccc(C(=O)NCCN2CCC(O)CC2)cc1. The van der Waals surface area contributed by atoms with Gasteiger partial charge in [0.15, 0.2) is 0 Å². The summed E-state index contributed by atoms with van der Waals surface area (Å²) in [5, 5.41) is 15.3. The molecule has 2 aromatic rings. The van der Waals surface area contributed by atoms with Crippen LogP contribution >= 0.6 is 0 Å². The van der Waals surface area contributed by atoms with Crippen LogP contribution in [0.25, 0.3) is 11.1 Å². The standard InChI is InChI=1S/C28H30FN3O4/c1-28(2)22(16-24(36-28)25-21-8-7-19(29)15-23(21)31-27(25)35)17-3-5-18(6-4-17)26(34)30-11-14-32-12-9-20(33)10-13-32/h3-8,15-16,20,33H,9-14H2,1-2H3,(H,30,34)(H,31,35)/b25-24+. The summed E-state index contributed by atoms with van der Waals surface area (Å²) >= 11 is 0. The van der Waals surface area contributed by atoms with Gasteiger partial charge in [-0.3, -0.25) is 9.59 Å². The molecule has 8 heteroatoms. The molecule has 1 fully saturated rings. The fraction of sp³-hybridized carbons (Fsp3) is 0.357. The summed E-state index contributed by atoms with van der Waals surface area (Å²) in [6, 6.07) is 11.5. The molecular formula is C28H30FN3O4. The van der Waals surface area contributed by atoms with Crippen LogP contribution in [0.15, 0.2) is 54.3 Å². The number of likely N-dealkylation sites (tertiary alicyclic amines) is 1. The summed E-state index contributed by atoms with van der Waals surface area (Å²) in [5.41, 5.74) is 3.06. The fourth-order valence-corrected chi connectivity index (χ4v) is 4.98. The zero-order chi connectivity index (χ0) is 25.4. The first-order chi connectivity index (χ1) is 17.2. The van der Waals surface area contributed by atoms with E-state index in [0.29, 0.717) is 34.7 Å². The average Bonchev–Trinajstić information content (AvgIpc) is 3.34. The average molecular weight is 492 g/mol. The Morgan fingerprint density at radius 1 is 1.19 bits per heavy atom. The van der Waals surface area contributed by atoms with Crippen molar-refractivity contribution in [3.63, 3.8) is 0 Å². The van der Waals surface area contributed by atoms with Gasteiger partial charge in [0.25, 0.3) is 11.8 Å². The van der Waals surface area contributed by atoms with Gasteiger partial charge in [-0.25, -0.2) is 4.39 Å². The first-order valence-electron chi connectivity index (χ1n) is 12.3. The molecule has 2 amide bonds. The summed E-state index contributed by atoms with van der Waals surface area (Å²) in [6.07, 6.45) is 3.19. The summed E-state index contributed by atoms with van der Waals surface area (Å²) in [5.74, 6) is -0.444. The highest BCUT2D eigenvalue weighted by atomic mass is 19.1. The smallest absolute Gasteiger partial charge is 0.260 e. The Hall–Kier alpha value is -3.49. The van der Waals surface area contributed by atoms with E-state index in [-0.39, 0.29) is 17.9 Å². The quantitative estimate of drug-likeness (QED) is 0.557. The lowest BCUT2D eigenvalue weighted by Gasteiger charge is -2.29. The van der Waals surface area contributed by atoms with Crippen molar-refractivity contribution < 1.29 is 23.8 Å². The number of anilines is 1. The van der Waals surface area contributed by atoms with E-state index in [9.17, 15) is 19.1 Å². The largest absolute Gasteiger partial charge is 0.482 e. The molecule has 0 saturated carbocycles. The highest BCUT2D eigenvalue weighted by Crippen LogP contribution is 2.44. The molecule has 188 valence electrons. The van der Waals surface area contributed by atoms with E-state index < -0.39 is 11.4 Å². The fourth-order valence-electron chi connectivity index (χ4n) is 4.98. The first kappa shape index (κ1) is 24.2. The van der Waals surface area contributed by atoms with Crippen LogP contribution in [-0.4, -0.2) is 59.7 Å². The van der Waals surface area contributed by atoms with Gasteiger partial charge in [0.05, 0.1) is 17.4 Å². The van der Waals surface area contributed by atoms with E-state index in [1.165, 1.54) is 12.1 Å². The molecule has 3 heterocycles. The number of rotatable bonds is 5. The first-order valence-corrected chi connectivity index (χ1v) is 12.3. The summed E-state index contributed by atoms with van der Waals surface area (Å²) in [6.45, 7) is 6.85. The number of halogens is 1. The molecule has 5 rings (SSSR count). The molecule has 36 heavy (non-hydrogen) atoms. The molecular weight excluding hydrogens is 461 g/mol. The maximum atomic E-state index is 13.6. The number of piperidine rings is 1. The van der Waals surface area contributed by atoms with Crippen LogP contribution in [0.2, 0.25) is 0 Å². The second-order valence-corrected chi connectivity index (χ2v) is 9.96. The third-order valence-electron chi connectivity index (χ3n) is 6.99. The molecule has 0 spiro atoms. The number of aliphatic hydroxyl groups excluding tert-OH is 1. The van der Waals surface area contributed by atoms with E-state index >= 15 is 0 Å². The third kappa shape index (κ3) is 4.79. The van der Waals surface area contributed by atoms with Gasteiger partial charge in [-0.2, -0.15) is 0 Å². The number of nitrogens with one attached hydrogen (secondary N) is 2. The molecule has 0 aliphatic carbocycles. The van der Waals surface area contributed by atoms with Gasteiger partial charge in [0.1, 0.15) is 17.2 Å². The molecule has 3 N–H and O–H groups in total. The van der Waals surface area contributed by atoms with Crippen LogP contribution in [-0.2, 0) is 9.53 Å². The van der Waals surface area contributed by atoms with Crippen molar-refractivity contribution in [2.24, 2.45) is 0 Å². The Kier molecular flexibility index (Phi) is 6.40. The molecule has 7 nitrogen and oxygen atoms in total. The van der Waals surface area contributed by atoms with Crippen LogP contribution in [0.1, 0.15) is 48.2 Å². The second-order valence-electron chi connectivity index (χ2n) is 9.96. The van der Waals surface area contributed by atoms with Crippen LogP contribution < -0.4 is 10.6 Å². The number of ether oxygens (including phenoxy) is 1. The van der Waals surface area contributed by atoms with Crippen molar-refractivity contribution in [3.8, 4) is 0 Å². The monoisotopic (exact) mass is 491 g/mol. The van der Waals surface area contributed by atoms with Gasteiger partial charge in [-0.05, 0) is 68.7 Å².